The fraction of sp³-hybridized carbons (Fsp3) is 0.333. The number of aryl methyl sites for hydroxylation is 2. The minimum absolute atomic E-state index is 0.212. The first-order valence-electron chi connectivity index (χ1n) is 9.60. The number of hydrogen-bond acceptors (Lipinski definition) is 4. The molecular formula is C21H25BrN6O2. The molecular weight excluding hydrogens is 448 g/mol. The molecule has 0 aliphatic heterocycles. The van der Waals surface area contributed by atoms with Crippen LogP contribution in [0.25, 0.3) is 0 Å². The van der Waals surface area contributed by atoms with Crippen LogP contribution in [0.5, 0.6) is 0 Å². The van der Waals surface area contributed by atoms with Crippen molar-refractivity contribution >= 4 is 33.4 Å². The van der Waals surface area contributed by atoms with Crippen LogP contribution in [0, 0.1) is 13.8 Å². The summed E-state index contributed by atoms with van der Waals surface area (Å²) in [6.07, 6.45) is 1.51. The number of amides is 2. The van der Waals surface area contributed by atoms with Crippen LogP contribution in [0.2, 0.25) is 0 Å². The number of nitrogens with one attached hydrogen (secondary N) is 1. The van der Waals surface area contributed by atoms with Crippen LogP contribution in [0.4, 0.5) is 5.69 Å². The smallest absolute Gasteiger partial charge is 0.273 e. The van der Waals surface area contributed by atoms with Crippen molar-refractivity contribution in [2.45, 2.75) is 33.9 Å². The van der Waals surface area contributed by atoms with E-state index in [-0.39, 0.29) is 11.8 Å². The van der Waals surface area contributed by atoms with Gasteiger partial charge in [0.25, 0.3) is 11.8 Å². The Morgan fingerprint density at radius 3 is 2.33 bits per heavy atom. The minimum Gasteiger partial charge on any atom is -0.343 e. The standard InChI is InChI=1S/C21H25BrN6O2/c1-6-27-19(21(30)26(4)5)17(11-23-27)24-20(29)16-9-7-15(8-10-16)12-28-14(3)18(22)13(2)25-28/h7-11H,6,12H2,1-5H3,(H,24,29). The number of halogens is 1. The van der Waals surface area contributed by atoms with Crippen LogP contribution in [-0.4, -0.2) is 50.4 Å². The Bertz CT molecular complexity index is 1080. The van der Waals surface area contributed by atoms with Gasteiger partial charge in [0.2, 0.25) is 0 Å². The Morgan fingerprint density at radius 1 is 1.13 bits per heavy atom. The van der Waals surface area contributed by atoms with Crippen LogP contribution in [0.1, 0.15) is 44.7 Å². The summed E-state index contributed by atoms with van der Waals surface area (Å²) >= 11 is 3.54. The van der Waals surface area contributed by atoms with Gasteiger partial charge in [-0.1, -0.05) is 12.1 Å². The summed E-state index contributed by atoms with van der Waals surface area (Å²) in [5.74, 6) is -0.505. The first-order chi connectivity index (χ1) is 14.2. The minimum atomic E-state index is -0.293. The first-order valence-corrected chi connectivity index (χ1v) is 10.4. The Labute approximate surface area is 184 Å². The molecule has 0 atom stereocenters. The van der Waals surface area contributed by atoms with E-state index in [2.05, 4.69) is 31.4 Å². The van der Waals surface area contributed by atoms with E-state index in [0.29, 0.717) is 30.0 Å². The molecule has 0 aliphatic rings. The number of rotatable bonds is 6. The van der Waals surface area contributed by atoms with E-state index in [9.17, 15) is 9.59 Å². The fourth-order valence-electron chi connectivity index (χ4n) is 3.11. The highest BCUT2D eigenvalue weighted by Gasteiger charge is 2.21. The van der Waals surface area contributed by atoms with E-state index >= 15 is 0 Å². The van der Waals surface area contributed by atoms with Crippen LogP contribution >= 0.6 is 15.9 Å². The lowest BCUT2D eigenvalue weighted by atomic mass is 10.1. The molecule has 2 heterocycles. The Morgan fingerprint density at radius 2 is 1.80 bits per heavy atom. The van der Waals surface area contributed by atoms with E-state index in [1.807, 2.05) is 37.6 Å². The summed E-state index contributed by atoms with van der Waals surface area (Å²) in [7, 11) is 3.34. The monoisotopic (exact) mass is 472 g/mol. The topological polar surface area (TPSA) is 85.0 Å². The van der Waals surface area contributed by atoms with Crippen molar-refractivity contribution in [1.82, 2.24) is 24.5 Å². The molecule has 2 amide bonds. The van der Waals surface area contributed by atoms with E-state index < -0.39 is 0 Å². The zero-order valence-electron chi connectivity index (χ0n) is 17.7. The van der Waals surface area contributed by atoms with Gasteiger partial charge in [-0.15, -0.1) is 0 Å². The average molecular weight is 473 g/mol. The Kier molecular flexibility index (Phi) is 6.40. The maximum atomic E-state index is 12.7. The second-order valence-corrected chi connectivity index (χ2v) is 8.01. The molecule has 8 nitrogen and oxygen atoms in total. The summed E-state index contributed by atoms with van der Waals surface area (Å²) in [5.41, 5.74) is 4.30. The van der Waals surface area contributed by atoms with Crippen molar-refractivity contribution in [2.75, 3.05) is 19.4 Å². The molecule has 2 aromatic heterocycles. The van der Waals surface area contributed by atoms with Gasteiger partial charge in [0.15, 0.2) is 0 Å². The SMILES string of the molecule is CCn1ncc(NC(=O)c2ccc(Cn3nc(C)c(Br)c3C)cc2)c1C(=O)N(C)C. The van der Waals surface area contributed by atoms with Gasteiger partial charge < -0.3 is 10.2 Å². The highest BCUT2D eigenvalue weighted by molar-refractivity contribution is 9.10. The lowest BCUT2D eigenvalue weighted by Gasteiger charge is -2.13. The van der Waals surface area contributed by atoms with Crippen molar-refractivity contribution in [3.63, 3.8) is 0 Å². The number of anilines is 1. The van der Waals surface area contributed by atoms with Crippen molar-refractivity contribution in [1.29, 1.82) is 0 Å². The molecule has 0 saturated carbocycles. The van der Waals surface area contributed by atoms with E-state index in [1.165, 1.54) is 11.1 Å². The summed E-state index contributed by atoms with van der Waals surface area (Å²) in [4.78, 5) is 26.7. The Balaban J connectivity index is 1.76. The van der Waals surface area contributed by atoms with Gasteiger partial charge in [-0.25, -0.2) is 0 Å². The molecule has 0 unspecified atom stereocenters. The summed E-state index contributed by atoms with van der Waals surface area (Å²) < 4.78 is 4.51. The van der Waals surface area contributed by atoms with Gasteiger partial charge >= 0.3 is 0 Å². The van der Waals surface area contributed by atoms with Crippen molar-refractivity contribution in [2.24, 2.45) is 0 Å². The number of carbonyl (C=O) groups is 2. The number of nitrogens with zero attached hydrogens (tertiary/aromatic N) is 5. The predicted molar refractivity (Wildman–Crippen MR) is 119 cm³/mol. The molecule has 1 aromatic carbocycles. The van der Waals surface area contributed by atoms with Crippen LogP contribution in [-0.2, 0) is 13.1 Å². The van der Waals surface area contributed by atoms with Crippen LogP contribution in [0.15, 0.2) is 34.9 Å². The number of carbonyl (C=O) groups excluding carboxylic acids is 2. The molecule has 9 heteroatoms. The molecule has 0 bridgehead atoms. The largest absolute Gasteiger partial charge is 0.343 e. The predicted octanol–water partition coefficient (Wildman–Crippen LogP) is 3.48. The highest BCUT2D eigenvalue weighted by atomic mass is 79.9. The number of aromatic nitrogens is 4. The van der Waals surface area contributed by atoms with Gasteiger partial charge in [0.05, 0.1) is 34.3 Å². The summed E-state index contributed by atoms with van der Waals surface area (Å²) in [5, 5.41) is 11.5. The maximum Gasteiger partial charge on any atom is 0.273 e. The van der Waals surface area contributed by atoms with Gasteiger partial charge in [-0.05, 0) is 54.4 Å². The summed E-state index contributed by atoms with van der Waals surface area (Å²) in [6.45, 7) is 7.00. The van der Waals surface area contributed by atoms with E-state index in [0.717, 1.165) is 21.4 Å². The van der Waals surface area contributed by atoms with Crippen molar-refractivity contribution in [3.05, 3.63) is 63.1 Å². The molecule has 0 saturated heterocycles. The molecule has 3 aromatic rings. The third kappa shape index (κ3) is 4.30. The van der Waals surface area contributed by atoms with E-state index in [1.54, 1.807) is 30.9 Å². The Hall–Kier alpha value is -2.94. The van der Waals surface area contributed by atoms with Crippen LogP contribution < -0.4 is 5.32 Å². The van der Waals surface area contributed by atoms with Gasteiger partial charge in [0, 0.05) is 26.2 Å². The molecule has 0 fully saturated rings. The molecule has 30 heavy (non-hydrogen) atoms. The highest BCUT2D eigenvalue weighted by Crippen LogP contribution is 2.21. The zero-order valence-corrected chi connectivity index (χ0v) is 19.3. The van der Waals surface area contributed by atoms with Gasteiger partial charge in [-0.3, -0.25) is 19.0 Å². The number of hydrogen-bond donors (Lipinski definition) is 1. The second kappa shape index (κ2) is 8.83. The van der Waals surface area contributed by atoms with Crippen LogP contribution in [0.3, 0.4) is 0 Å². The first kappa shape index (κ1) is 21.8. The maximum absolute atomic E-state index is 12.7. The normalized spacial score (nSPS) is 10.9. The zero-order chi connectivity index (χ0) is 22.0. The molecule has 158 valence electrons. The fourth-order valence-corrected chi connectivity index (χ4v) is 3.40. The van der Waals surface area contributed by atoms with Crippen molar-refractivity contribution in [3.8, 4) is 0 Å². The number of benzene rings is 1. The molecule has 1 N–H and O–H groups in total. The second-order valence-electron chi connectivity index (χ2n) is 7.22. The lowest BCUT2D eigenvalue weighted by Crippen LogP contribution is -2.26. The third-order valence-corrected chi connectivity index (χ3v) is 5.99. The van der Waals surface area contributed by atoms with Crippen molar-refractivity contribution < 1.29 is 9.59 Å². The van der Waals surface area contributed by atoms with Gasteiger partial charge in [0.1, 0.15) is 5.69 Å². The quantitative estimate of drug-likeness (QED) is 0.594. The molecule has 3 rings (SSSR count). The van der Waals surface area contributed by atoms with Gasteiger partial charge in [-0.2, -0.15) is 10.2 Å². The summed E-state index contributed by atoms with van der Waals surface area (Å²) in [6, 6.07) is 7.34. The third-order valence-electron chi connectivity index (χ3n) is 4.84. The van der Waals surface area contributed by atoms with E-state index in [4.69, 9.17) is 0 Å². The molecule has 0 spiro atoms. The molecule has 0 radical (unpaired) electrons. The average Bonchev–Trinajstić information content (AvgIpc) is 3.23. The lowest BCUT2D eigenvalue weighted by molar-refractivity contribution is 0.0816. The molecule has 0 aliphatic carbocycles.